The average molecular weight is 394 g/mol. The van der Waals surface area contributed by atoms with Crippen LogP contribution in [0.2, 0.25) is 0 Å². The van der Waals surface area contributed by atoms with E-state index in [2.05, 4.69) is 5.32 Å². The van der Waals surface area contributed by atoms with Crippen molar-refractivity contribution in [1.82, 2.24) is 10.2 Å². The summed E-state index contributed by atoms with van der Waals surface area (Å²) in [5.74, 6) is -1.31. The summed E-state index contributed by atoms with van der Waals surface area (Å²) < 4.78 is 0. The van der Waals surface area contributed by atoms with Gasteiger partial charge in [-0.2, -0.15) is 0 Å². The minimum atomic E-state index is -1.01. The van der Waals surface area contributed by atoms with Crippen LogP contribution in [0.5, 0.6) is 0 Å². The standard InChI is InChI=1S/C23H26N2O4/c26-21(13-12-18-10-4-5-11-19(18)23(28)29)24-20(16-17-8-2-1-3-9-17)22(27)25-14-6-7-15-25/h1-5,8-11,20H,6-7,12-16H2,(H,24,26)(H,28,29). The quantitative estimate of drug-likeness (QED) is 0.721. The van der Waals surface area contributed by atoms with Crippen LogP contribution in [-0.4, -0.2) is 46.9 Å². The van der Waals surface area contributed by atoms with Crippen molar-refractivity contribution in [3.05, 3.63) is 71.3 Å². The molecule has 2 amide bonds. The lowest BCUT2D eigenvalue weighted by atomic mass is 10.0. The fourth-order valence-corrected chi connectivity index (χ4v) is 3.67. The minimum absolute atomic E-state index is 0.0503. The molecule has 1 aliphatic rings. The number of hydrogen-bond donors (Lipinski definition) is 2. The molecule has 6 nitrogen and oxygen atoms in total. The summed E-state index contributed by atoms with van der Waals surface area (Å²) in [6, 6.07) is 15.7. The maximum Gasteiger partial charge on any atom is 0.335 e. The van der Waals surface area contributed by atoms with E-state index in [9.17, 15) is 19.5 Å². The number of aryl methyl sites for hydroxylation is 1. The highest BCUT2D eigenvalue weighted by Crippen LogP contribution is 2.14. The van der Waals surface area contributed by atoms with Gasteiger partial charge in [0, 0.05) is 25.9 Å². The Morgan fingerprint density at radius 2 is 1.62 bits per heavy atom. The van der Waals surface area contributed by atoms with E-state index in [1.807, 2.05) is 35.2 Å². The van der Waals surface area contributed by atoms with Gasteiger partial charge in [-0.25, -0.2) is 4.79 Å². The van der Waals surface area contributed by atoms with Crippen molar-refractivity contribution < 1.29 is 19.5 Å². The van der Waals surface area contributed by atoms with Crippen molar-refractivity contribution in [3.63, 3.8) is 0 Å². The molecule has 0 spiro atoms. The van der Waals surface area contributed by atoms with Gasteiger partial charge in [0.15, 0.2) is 0 Å². The Morgan fingerprint density at radius 1 is 0.966 bits per heavy atom. The third-order valence-electron chi connectivity index (χ3n) is 5.20. The van der Waals surface area contributed by atoms with Crippen LogP contribution in [0.4, 0.5) is 0 Å². The molecular formula is C23H26N2O4. The Kier molecular flexibility index (Phi) is 7.00. The number of nitrogens with one attached hydrogen (secondary N) is 1. The number of carbonyl (C=O) groups is 3. The van der Waals surface area contributed by atoms with E-state index in [4.69, 9.17) is 0 Å². The smallest absolute Gasteiger partial charge is 0.335 e. The number of carboxylic acids is 1. The molecule has 1 heterocycles. The number of amides is 2. The number of benzene rings is 2. The number of hydrogen-bond acceptors (Lipinski definition) is 3. The predicted molar refractivity (Wildman–Crippen MR) is 110 cm³/mol. The van der Waals surface area contributed by atoms with E-state index in [0.717, 1.165) is 31.5 Å². The molecule has 2 aromatic rings. The van der Waals surface area contributed by atoms with Crippen molar-refractivity contribution in [2.45, 2.75) is 38.1 Å². The lowest BCUT2D eigenvalue weighted by Gasteiger charge is -2.24. The Bertz CT molecular complexity index is 860. The second-order valence-corrected chi connectivity index (χ2v) is 7.30. The minimum Gasteiger partial charge on any atom is -0.478 e. The molecule has 1 unspecified atom stereocenters. The number of carboxylic acid groups (broad SMARTS) is 1. The maximum atomic E-state index is 12.9. The van der Waals surface area contributed by atoms with Gasteiger partial charge in [0.05, 0.1) is 5.56 Å². The molecular weight excluding hydrogens is 368 g/mol. The Morgan fingerprint density at radius 3 is 2.31 bits per heavy atom. The van der Waals surface area contributed by atoms with Gasteiger partial charge in [0.25, 0.3) is 0 Å². The molecule has 6 heteroatoms. The second kappa shape index (κ2) is 9.87. The van der Waals surface area contributed by atoms with Gasteiger partial charge in [-0.05, 0) is 36.5 Å². The predicted octanol–water partition coefficient (Wildman–Crippen LogP) is 2.67. The molecule has 3 rings (SSSR count). The van der Waals surface area contributed by atoms with Crippen LogP contribution in [0.3, 0.4) is 0 Å². The monoisotopic (exact) mass is 394 g/mol. The first kappa shape index (κ1) is 20.6. The lowest BCUT2D eigenvalue weighted by Crippen LogP contribution is -2.49. The van der Waals surface area contributed by atoms with E-state index in [-0.39, 0.29) is 23.8 Å². The van der Waals surface area contributed by atoms with Gasteiger partial charge in [-0.3, -0.25) is 9.59 Å². The van der Waals surface area contributed by atoms with Crippen LogP contribution >= 0.6 is 0 Å². The molecule has 2 aromatic carbocycles. The number of nitrogens with zero attached hydrogens (tertiary/aromatic N) is 1. The molecule has 29 heavy (non-hydrogen) atoms. The molecule has 1 saturated heterocycles. The molecule has 0 saturated carbocycles. The van der Waals surface area contributed by atoms with Crippen molar-refractivity contribution in [3.8, 4) is 0 Å². The Labute approximate surface area is 170 Å². The van der Waals surface area contributed by atoms with E-state index in [1.54, 1.807) is 18.2 Å². The van der Waals surface area contributed by atoms with Gasteiger partial charge in [0.1, 0.15) is 6.04 Å². The van der Waals surface area contributed by atoms with Crippen molar-refractivity contribution in [2.75, 3.05) is 13.1 Å². The van der Waals surface area contributed by atoms with Crippen LogP contribution in [0.15, 0.2) is 54.6 Å². The van der Waals surface area contributed by atoms with Gasteiger partial charge in [-0.15, -0.1) is 0 Å². The zero-order valence-corrected chi connectivity index (χ0v) is 16.3. The summed E-state index contributed by atoms with van der Waals surface area (Å²) >= 11 is 0. The van der Waals surface area contributed by atoms with E-state index < -0.39 is 12.0 Å². The number of aromatic carboxylic acids is 1. The van der Waals surface area contributed by atoms with Crippen molar-refractivity contribution >= 4 is 17.8 Å². The molecule has 0 bridgehead atoms. The maximum absolute atomic E-state index is 12.9. The molecule has 1 aliphatic heterocycles. The normalized spacial score (nSPS) is 14.4. The van der Waals surface area contributed by atoms with Crippen LogP contribution in [0, 0.1) is 0 Å². The highest BCUT2D eigenvalue weighted by molar-refractivity contribution is 5.90. The number of rotatable bonds is 8. The van der Waals surface area contributed by atoms with E-state index in [1.165, 1.54) is 6.07 Å². The third kappa shape index (κ3) is 5.67. The Hall–Kier alpha value is -3.15. The Balaban J connectivity index is 1.65. The molecule has 0 aliphatic carbocycles. The van der Waals surface area contributed by atoms with Crippen molar-refractivity contribution in [1.29, 1.82) is 0 Å². The zero-order chi connectivity index (χ0) is 20.6. The fraction of sp³-hybridized carbons (Fsp3) is 0.348. The molecule has 1 fully saturated rings. The largest absolute Gasteiger partial charge is 0.478 e. The average Bonchev–Trinajstić information content (AvgIpc) is 3.27. The van der Waals surface area contributed by atoms with Crippen LogP contribution in [0.1, 0.15) is 40.7 Å². The van der Waals surface area contributed by atoms with Gasteiger partial charge in [0.2, 0.25) is 11.8 Å². The summed E-state index contributed by atoms with van der Waals surface area (Å²) in [5, 5.41) is 12.2. The first-order valence-electron chi connectivity index (χ1n) is 9.98. The first-order chi connectivity index (χ1) is 14.0. The van der Waals surface area contributed by atoms with Gasteiger partial charge in [-0.1, -0.05) is 48.5 Å². The molecule has 1 atom stereocenters. The first-order valence-corrected chi connectivity index (χ1v) is 9.98. The number of likely N-dealkylation sites (tertiary alicyclic amines) is 1. The van der Waals surface area contributed by atoms with E-state index >= 15 is 0 Å². The lowest BCUT2D eigenvalue weighted by molar-refractivity contribution is -0.135. The number of carbonyl (C=O) groups excluding carboxylic acids is 2. The van der Waals surface area contributed by atoms with Gasteiger partial charge >= 0.3 is 5.97 Å². The van der Waals surface area contributed by atoms with Gasteiger partial charge < -0.3 is 15.3 Å². The SMILES string of the molecule is O=C(CCc1ccccc1C(=O)O)NC(Cc1ccccc1)C(=O)N1CCCC1. The molecule has 152 valence electrons. The van der Waals surface area contributed by atoms with E-state index in [0.29, 0.717) is 18.4 Å². The fourth-order valence-electron chi connectivity index (χ4n) is 3.67. The summed E-state index contributed by atoms with van der Waals surface area (Å²) in [5.41, 5.74) is 1.80. The second-order valence-electron chi connectivity index (χ2n) is 7.30. The summed E-state index contributed by atoms with van der Waals surface area (Å²) in [4.78, 5) is 38.7. The van der Waals surface area contributed by atoms with Crippen LogP contribution < -0.4 is 5.32 Å². The van der Waals surface area contributed by atoms with Crippen molar-refractivity contribution in [2.24, 2.45) is 0 Å². The third-order valence-corrected chi connectivity index (χ3v) is 5.20. The zero-order valence-electron chi connectivity index (χ0n) is 16.3. The molecule has 2 N–H and O–H groups in total. The highest BCUT2D eigenvalue weighted by atomic mass is 16.4. The summed E-state index contributed by atoms with van der Waals surface area (Å²) in [7, 11) is 0. The summed E-state index contributed by atoms with van der Waals surface area (Å²) in [6.07, 6.45) is 2.86. The molecule has 0 aromatic heterocycles. The van der Waals surface area contributed by atoms with Crippen LogP contribution in [0.25, 0.3) is 0 Å². The van der Waals surface area contributed by atoms with Crippen LogP contribution in [-0.2, 0) is 22.4 Å². The topological polar surface area (TPSA) is 86.7 Å². The molecule has 0 radical (unpaired) electrons. The summed E-state index contributed by atoms with van der Waals surface area (Å²) in [6.45, 7) is 1.46. The highest BCUT2D eigenvalue weighted by Gasteiger charge is 2.28.